The summed E-state index contributed by atoms with van der Waals surface area (Å²) in [5, 5.41) is 8.63. The lowest BCUT2D eigenvalue weighted by Gasteiger charge is -2.21. The molecule has 82 heavy (non-hydrogen) atoms. The summed E-state index contributed by atoms with van der Waals surface area (Å²) >= 11 is 0. The van der Waals surface area contributed by atoms with Crippen molar-refractivity contribution in [2.45, 2.75) is 148 Å². The van der Waals surface area contributed by atoms with Crippen LogP contribution in [0.15, 0.2) is 47.0 Å². The first-order valence-corrected chi connectivity index (χ1v) is 28.5. The number of nitrogens with one attached hydrogen (secondary N) is 1. The van der Waals surface area contributed by atoms with Crippen LogP contribution in [-0.2, 0) is 40.4 Å². The van der Waals surface area contributed by atoms with Crippen molar-refractivity contribution in [2.75, 3.05) is 39.2 Å². The highest BCUT2D eigenvalue weighted by molar-refractivity contribution is 6.12. The summed E-state index contributed by atoms with van der Waals surface area (Å²) in [7, 11) is 3.15. The maximum absolute atomic E-state index is 13.9. The van der Waals surface area contributed by atoms with Gasteiger partial charge in [-0.2, -0.15) is 5.10 Å². The van der Waals surface area contributed by atoms with Crippen LogP contribution in [0.25, 0.3) is 44.6 Å². The summed E-state index contributed by atoms with van der Waals surface area (Å²) in [5.74, 6) is -0.508. The predicted molar refractivity (Wildman–Crippen MR) is 315 cm³/mol. The van der Waals surface area contributed by atoms with Crippen molar-refractivity contribution in [1.29, 1.82) is 0 Å². The molecule has 23 nitrogen and oxygen atoms in total. The number of hydrogen-bond donors (Lipinski definition) is 3. The molecular weight excluding hydrogens is 1050 g/mol. The summed E-state index contributed by atoms with van der Waals surface area (Å²) < 4.78 is 23.3. The minimum Gasteiger partial charge on any atom is -0.495 e. The van der Waals surface area contributed by atoms with Crippen LogP contribution in [-0.4, -0.2) is 123 Å². The van der Waals surface area contributed by atoms with Gasteiger partial charge in [-0.05, 0) is 63.3 Å². The van der Waals surface area contributed by atoms with Gasteiger partial charge in [-0.25, -0.2) is 29.6 Å². The van der Waals surface area contributed by atoms with Crippen molar-refractivity contribution < 1.29 is 42.7 Å². The zero-order chi connectivity index (χ0) is 60.5. The van der Waals surface area contributed by atoms with Crippen LogP contribution in [0.3, 0.4) is 0 Å². The quantitative estimate of drug-likeness (QED) is 0.0289. The molecule has 2 unspecified atom stereocenters. The van der Waals surface area contributed by atoms with E-state index in [9.17, 15) is 28.8 Å². The maximum atomic E-state index is 13.9. The summed E-state index contributed by atoms with van der Waals surface area (Å²) in [6, 6.07) is 6.27. The number of aryl methyl sites for hydroxylation is 4. The van der Waals surface area contributed by atoms with Crippen LogP contribution in [0, 0.1) is 25.7 Å². The first-order chi connectivity index (χ1) is 39.5. The van der Waals surface area contributed by atoms with E-state index in [2.05, 4.69) is 32.3 Å². The molecule has 1 fully saturated rings. The lowest BCUT2D eigenvalue weighted by atomic mass is 9.88. The van der Waals surface area contributed by atoms with E-state index in [0.717, 1.165) is 19.3 Å². The third kappa shape index (κ3) is 14.3. The molecule has 2 atom stereocenters. The van der Waals surface area contributed by atoms with Gasteiger partial charge in [0.2, 0.25) is 41.2 Å². The van der Waals surface area contributed by atoms with E-state index in [1.54, 1.807) is 48.5 Å². The van der Waals surface area contributed by atoms with E-state index in [4.69, 9.17) is 35.3 Å². The van der Waals surface area contributed by atoms with Gasteiger partial charge in [-0.15, -0.1) is 0 Å². The highest BCUT2D eigenvalue weighted by Crippen LogP contribution is 2.37. The number of hydrogen-bond acceptors (Lipinski definition) is 15. The molecule has 0 spiro atoms. The van der Waals surface area contributed by atoms with Gasteiger partial charge in [-0.3, -0.25) is 39.0 Å². The van der Waals surface area contributed by atoms with Gasteiger partial charge in [0.05, 0.1) is 30.4 Å². The number of carbonyl (C=O) groups is 6. The number of methoxy groups -OCH3 is 1. The third-order valence-corrected chi connectivity index (χ3v) is 13.7. The average Bonchev–Trinajstić information content (AvgIpc) is 4.30. The summed E-state index contributed by atoms with van der Waals surface area (Å²) in [4.78, 5) is 105. The first kappa shape index (κ1) is 64.3. The molecule has 23 heteroatoms. The van der Waals surface area contributed by atoms with Crippen molar-refractivity contribution in [3.63, 3.8) is 0 Å². The number of amides is 6. The molecule has 0 saturated carbocycles. The molecule has 1 aliphatic rings. The number of rotatable bonds is 24. The number of imide groups is 1. The summed E-state index contributed by atoms with van der Waals surface area (Å²) in [5.41, 5.74) is 14.2. The van der Waals surface area contributed by atoms with Gasteiger partial charge in [0.1, 0.15) is 28.5 Å². The highest BCUT2D eigenvalue weighted by atomic mass is 16.5. The molecule has 0 radical (unpaired) electrons. The lowest BCUT2D eigenvalue weighted by molar-refractivity contribution is -0.140. The second kappa shape index (κ2) is 29.8. The number of fused-ring (bicyclic) bond motifs is 4. The molecule has 2 aromatic carbocycles. The number of unbranched alkanes of at least 4 members (excludes halogenated alkanes) is 1. The van der Waals surface area contributed by atoms with E-state index in [-0.39, 0.29) is 109 Å². The smallest absolute Gasteiger partial charge is 0.295 e. The molecule has 1 aliphatic heterocycles. The van der Waals surface area contributed by atoms with Crippen LogP contribution in [0.4, 0.5) is 5.95 Å². The highest BCUT2D eigenvalue weighted by Gasteiger charge is 2.41. The first-order valence-electron chi connectivity index (χ1n) is 28.5. The number of nitrogens with zero attached hydrogens (tertiary/aromatic N) is 11. The Morgan fingerprint density at radius 3 is 2.18 bits per heavy atom. The summed E-state index contributed by atoms with van der Waals surface area (Å²) in [6.07, 6.45) is 9.21. The zero-order valence-corrected chi connectivity index (χ0v) is 50.1. The number of aromatic nitrogens is 9. The van der Waals surface area contributed by atoms with E-state index >= 15 is 0 Å². The molecule has 7 aromatic rings. The fourth-order valence-electron chi connectivity index (χ4n) is 9.67. The summed E-state index contributed by atoms with van der Waals surface area (Å²) in [6.45, 7) is 24.6. The van der Waals surface area contributed by atoms with E-state index in [1.807, 2.05) is 79.0 Å². The second-order valence-electron chi connectivity index (χ2n) is 18.9. The standard InChI is InChI=1S/C53H64N14O9.3C2H6/c1-9-12-16-29(4)34-27-42(69)64(52(34)73)21-17-41(68)63(7)18-15-22-75-40-26-33(47(55)71)24-38-44(40)66(53(59-38)61-51(72)45-37(10-2)58-31(6)76-45)20-14-13-19-65-43-35(23-32(46(54)70)25-39(43)74-8)36-28-56-48(60-49(36)65)50-57-30(5)62-67(50)11-3;3*1-2/h13-14,23-26,28-29,34H,9-12,15-22,27H2,1-8H3,(H2,54,70)(H2,55,71)(H,59,61,72);3*1-2H3/b14-13+;;;. The molecule has 0 bridgehead atoms. The van der Waals surface area contributed by atoms with E-state index in [0.29, 0.717) is 81.6 Å². The Morgan fingerprint density at radius 1 is 0.866 bits per heavy atom. The number of primary amides is 2. The van der Waals surface area contributed by atoms with E-state index in [1.165, 1.54) is 29.0 Å². The van der Waals surface area contributed by atoms with Crippen LogP contribution in [0.1, 0.15) is 156 Å². The van der Waals surface area contributed by atoms with Gasteiger partial charge >= 0.3 is 0 Å². The number of anilines is 1. The number of nitrogens with two attached hydrogens (primary N) is 2. The molecule has 6 amide bonds. The number of carbonyl (C=O) groups excluding carboxylic acids is 6. The molecule has 0 aliphatic carbocycles. The Bertz CT molecular complexity index is 3420. The van der Waals surface area contributed by atoms with E-state index < -0.39 is 17.7 Å². The Balaban J connectivity index is 0.00000199. The van der Waals surface area contributed by atoms with Crippen LogP contribution < -0.4 is 26.3 Å². The lowest BCUT2D eigenvalue weighted by Crippen LogP contribution is -2.36. The van der Waals surface area contributed by atoms with Crippen molar-refractivity contribution in [3.8, 4) is 23.1 Å². The van der Waals surface area contributed by atoms with Gasteiger partial charge in [0.25, 0.3) is 5.91 Å². The van der Waals surface area contributed by atoms with Crippen molar-refractivity contribution >= 4 is 74.4 Å². The predicted octanol–water partition coefficient (Wildman–Crippen LogP) is 8.99. The third-order valence-electron chi connectivity index (χ3n) is 13.7. The SMILES string of the molecule is CC.CC.CC.CCCCC(C)C1CC(=O)N(CCC(=O)N(C)CCCOc2cc(C(N)=O)cc3nc(NC(=O)c4oc(C)nc4CC)n(C/C=C/Cn4c5nc(-c6nc(C)nn6CC)ncc5c5cc(C(N)=O)cc(OC)c54)c23)C1=O. The Kier molecular flexibility index (Phi) is 23.4. The number of ether oxygens (including phenoxy) is 2. The molecule has 442 valence electrons. The number of imidazole rings is 1. The normalized spacial score (nSPS) is 13.4. The van der Waals surface area contributed by atoms with Crippen molar-refractivity contribution in [1.82, 2.24) is 53.6 Å². The fraction of sp³-hybridized carbons (Fsp3) is 0.492. The number of oxazole rings is 1. The minimum atomic E-state index is -0.736. The Labute approximate surface area is 479 Å². The van der Waals surface area contributed by atoms with Crippen LogP contribution in [0.2, 0.25) is 0 Å². The molecule has 5 N–H and O–H groups in total. The zero-order valence-electron chi connectivity index (χ0n) is 50.1. The Morgan fingerprint density at radius 2 is 1.54 bits per heavy atom. The Hall–Kier alpha value is -8.50. The van der Waals surface area contributed by atoms with Gasteiger partial charge in [-0.1, -0.05) is 87.3 Å². The molecule has 6 heterocycles. The van der Waals surface area contributed by atoms with Gasteiger partial charge in [0, 0.05) is 93.6 Å². The van der Waals surface area contributed by atoms with Gasteiger partial charge < -0.3 is 39.4 Å². The van der Waals surface area contributed by atoms with Gasteiger partial charge in [0.15, 0.2) is 17.5 Å². The van der Waals surface area contributed by atoms with Crippen LogP contribution >= 0.6 is 0 Å². The second-order valence-corrected chi connectivity index (χ2v) is 18.9. The number of likely N-dealkylation sites (tertiary alicyclic amines) is 1. The number of benzene rings is 2. The number of allylic oxidation sites excluding steroid dienone is 2. The van der Waals surface area contributed by atoms with Crippen molar-refractivity contribution in [2.24, 2.45) is 23.3 Å². The van der Waals surface area contributed by atoms with Crippen molar-refractivity contribution in [3.05, 3.63) is 76.9 Å². The molecule has 1 saturated heterocycles. The monoisotopic (exact) mass is 1130 g/mol. The molecule has 5 aromatic heterocycles. The topological polar surface area (TPSA) is 297 Å². The average molecular weight is 1130 g/mol. The minimum absolute atomic E-state index is 0.0152. The van der Waals surface area contributed by atoms with Crippen LogP contribution in [0.5, 0.6) is 11.5 Å². The largest absolute Gasteiger partial charge is 0.495 e. The molecule has 8 rings (SSSR count). The fourth-order valence-corrected chi connectivity index (χ4v) is 9.67. The molecular formula is C59H82N14O9. The maximum Gasteiger partial charge on any atom is 0.295 e.